The molecule has 0 radical (unpaired) electrons. The minimum absolute atomic E-state index is 0.0000581. The molecular weight excluding hydrogens is 286 g/mol. The summed E-state index contributed by atoms with van der Waals surface area (Å²) in [7, 11) is 0. The molecule has 1 unspecified atom stereocenters. The maximum Gasteiger partial charge on any atom is 0.243 e. The first-order valence-electron chi connectivity index (χ1n) is 7.59. The largest absolute Gasteiger partial charge is 0.345 e. The normalized spacial score (nSPS) is 11.6. The Kier molecular flexibility index (Phi) is 5.47. The van der Waals surface area contributed by atoms with Crippen molar-refractivity contribution in [2.24, 2.45) is 0 Å². The van der Waals surface area contributed by atoms with Crippen molar-refractivity contribution < 1.29 is 9.59 Å². The summed E-state index contributed by atoms with van der Waals surface area (Å²) >= 11 is 0. The number of nitrogens with one attached hydrogen (secondary N) is 1. The summed E-state index contributed by atoms with van der Waals surface area (Å²) in [6.07, 6.45) is 1.43. The van der Waals surface area contributed by atoms with Gasteiger partial charge in [0.25, 0.3) is 0 Å². The zero-order valence-electron chi connectivity index (χ0n) is 13.5. The molecule has 0 aliphatic carbocycles. The van der Waals surface area contributed by atoms with E-state index in [1.165, 1.54) is 6.08 Å². The summed E-state index contributed by atoms with van der Waals surface area (Å²) in [6.45, 7) is 7.45. The first-order chi connectivity index (χ1) is 11.0. The molecule has 2 aromatic rings. The Hall–Kier alpha value is -2.68. The van der Waals surface area contributed by atoms with Gasteiger partial charge in [-0.3, -0.25) is 9.59 Å². The van der Waals surface area contributed by atoms with E-state index in [9.17, 15) is 9.59 Å². The van der Waals surface area contributed by atoms with Crippen LogP contribution in [0.15, 0.2) is 61.2 Å². The highest BCUT2D eigenvalue weighted by Crippen LogP contribution is 2.20. The minimum atomic E-state index is -0.366. The predicted octanol–water partition coefficient (Wildman–Crippen LogP) is 3.92. The summed E-state index contributed by atoms with van der Waals surface area (Å²) in [5, 5.41) is 2.84. The van der Waals surface area contributed by atoms with E-state index in [1.807, 2.05) is 62.4 Å². The highest BCUT2D eigenvalue weighted by molar-refractivity contribution is 5.97. The molecule has 0 aliphatic heterocycles. The van der Waals surface area contributed by atoms with Gasteiger partial charge in [-0.25, -0.2) is 0 Å². The maximum atomic E-state index is 12.5. The second-order valence-electron chi connectivity index (χ2n) is 5.67. The molecule has 0 saturated heterocycles. The van der Waals surface area contributed by atoms with Crippen LogP contribution in [0.2, 0.25) is 0 Å². The third kappa shape index (κ3) is 4.65. The van der Waals surface area contributed by atoms with Crippen molar-refractivity contribution in [3.8, 4) is 0 Å². The van der Waals surface area contributed by atoms with Crippen LogP contribution in [0.25, 0.3) is 0 Å². The van der Waals surface area contributed by atoms with Crippen molar-refractivity contribution >= 4 is 11.7 Å². The Morgan fingerprint density at radius 3 is 2.04 bits per heavy atom. The van der Waals surface area contributed by atoms with Crippen molar-refractivity contribution in [2.75, 3.05) is 0 Å². The zero-order valence-corrected chi connectivity index (χ0v) is 13.5. The Labute approximate surface area is 137 Å². The summed E-state index contributed by atoms with van der Waals surface area (Å²) in [5.74, 6) is -0.285. The molecule has 0 spiro atoms. The molecule has 3 heteroatoms. The van der Waals surface area contributed by atoms with Crippen LogP contribution in [0.5, 0.6) is 0 Å². The van der Waals surface area contributed by atoms with Crippen molar-refractivity contribution in [1.29, 1.82) is 0 Å². The van der Waals surface area contributed by atoms with E-state index in [0.717, 1.165) is 16.7 Å². The summed E-state index contributed by atoms with van der Waals surface area (Å²) < 4.78 is 0. The lowest BCUT2D eigenvalue weighted by molar-refractivity contribution is -0.117. The number of rotatable bonds is 6. The molecule has 0 aliphatic rings. The third-order valence-corrected chi connectivity index (χ3v) is 3.74. The Bertz CT molecular complexity index is 699. The highest BCUT2D eigenvalue weighted by Gasteiger charge is 2.18. The van der Waals surface area contributed by atoms with E-state index in [2.05, 4.69) is 11.9 Å². The lowest BCUT2D eigenvalue weighted by atomic mass is 9.96. The van der Waals surface area contributed by atoms with E-state index in [0.29, 0.717) is 5.56 Å². The van der Waals surface area contributed by atoms with E-state index in [4.69, 9.17) is 0 Å². The van der Waals surface area contributed by atoms with Gasteiger partial charge in [0.15, 0.2) is 5.78 Å². The second kappa shape index (κ2) is 7.54. The van der Waals surface area contributed by atoms with Crippen LogP contribution in [-0.2, 0) is 4.79 Å². The molecule has 0 bridgehead atoms. The fraction of sp³-hybridized carbons (Fsp3) is 0.200. The van der Waals surface area contributed by atoms with Gasteiger partial charge in [-0.2, -0.15) is 0 Å². The average Bonchev–Trinajstić information content (AvgIpc) is 2.55. The van der Waals surface area contributed by atoms with Crippen LogP contribution in [0.1, 0.15) is 39.5 Å². The van der Waals surface area contributed by atoms with Crippen LogP contribution < -0.4 is 5.32 Å². The van der Waals surface area contributed by atoms with Gasteiger partial charge in [0, 0.05) is 12.0 Å². The smallest absolute Gasteiger partial charge is 0.243 e. The van der Waals surface area contributed by atoms with Gasteiger partial charge in [-0.05, 0) is 25.5 Å². The molecule has 1 amide bonds. The van der Waals surface area contributed by atoms with Gasteiger partial charge in [0.05, 0.1) is 6.04 Å². The standard InChI is InChI=1S/C20H21NO2/c1-4-20(23)21-18(16-9-5-14(2)6-10-16)13-19(22)17-11-7-15(3)8-12-17/h4-12,18H,1,13H2,2-3H3,(H,21,23). The first-order valence-corrected chi connectivity index (χ1v) is 7.59. The third-order valence-electron chi connectivity index (χ3n) is 3.74. The Balaban J connectivity index is 2.21. The number of hydrogen-bond acceptors (Lipinski definition) is 2. The van der Waals surface area contributed by atoms with Crippen molar-refractivity contribution in [1.82, 2.24) is 5.32 Å². The van der Waals surface area contributed by atoms with Crippen molar-refractivity contribution in [3.05, 3.63) is 83.4 Å². The number of carbonyl (C=O) groups excluding carboxylic acids is 2. The quantitative estimate of drug-likeness (QED) is 0.649. The molecule has 118 valence electrons. The van der Waals surface area contributed by atoms with E-state index >= 15 is 0 Å². The van der Waals surface area contributed by atoms with Crippen LogP contribution in [0.4, 0.5) is 0 Å². The van der Waals surface area contributed by atoms with Gasteiger partial charge < -0.3 is 5.32 Å². The monoisotopic (exact) mass is 307 g/mol. The summed E-state index contributed by atoms with van der Waals surface area (Å²) in [6, 6.07) is 14.9. The fourth-order valence-electron chi connectivity index (χ4n) is 2.32. The molecule has 0 saturated carbocycles. The molecular formula is C20H21NO2. The molecule has 0 fully saturated rings. The van der Waals surface area contributed by atoms with E-state index in [1.54, 1.807) is 0 Å². The molecule has 0 heterocycles. The molecule has 1 atom stereocenters. The Morgan fingerprint density at radius 1 is 1.00 bits per heavy atom. The van der Waals surface area contributed by atoms with Crippen LogP contribution >= 0.6 is 0 Å². The average molecular weight is 307 g/mol. The lowest BCUT2D eigenvalue weighted by Gasteiger charge is -2.18. The number of amides is 1. The molecule has 2 aromatic carbocycles. The van der Waals surface area contributed by atoms with Gasteiger partial charge in [-0.15, -0.1) is 0 Å². The van der Waals surface area contributed by atoms with Crippen LogP contribution in [-0.4, -0.2) is 11.7 Å². The van der Waals surface area contributed by atoms with Gasteiger partial charge in [-0.1, -0.05) is 66.2 Å². The number of Topliss-reactive ketones (excluding diaryl/α,β-unsaturated/α-hetero) is 1. The lowest BCUT2D eigenvalue weighted by Crippen LogP contribution is -2.28. The minimum Gasteiger partial charge on any atom is -0.345 e. The summed E-state index contributed by atoms with van der Waals surface area (Å²) in [5.41, 5.74) is 3.80. The number of aryl methyl sites for hydroxylation is 2. The molecule has 2 rings (SSSR count). The second-order valence-corrected chi connectivity index (χ2v) is 5.67. The number of hydrogen-bond donors (Lipinski definition) is 1. The molecule has 23 heavy (non-hydrogen) atoms. The predicted molar refractivity (Wildman–Crippen MR) is 92.4 cm³/mol. The SMILES string of the molecule is C=CC(=O)NC(CC(=O)c1ccc(C)cc1)c1ccc(C)cc1. The van der Waals surface area contributed by atoms with E-state index < -0.39 is 0 Å². The number of ketones is 1. The molecule has 3 nitrogen and oxygen atoms in total. The highest BCUT2D eigenvalue weighted by atomic mass is 16.1. The fourth-order valence-corrected chi connectivity index (χ4v) is 2.32. The van der Waals surface area contributed by atoms with Crippen molar-refractivity contribution in [3.63, 3.8) is 0 Å². The van der Waals surface area contributed by atoms with Gasteiger partial charge in [0.2, 0.25) is 5.91 Å². The van der Waals surface area contributed by atoms with Crippen LogP contribution in [0, 0.1) is 13.8 Å². The maximum absolute atomic E-state index is 12.5. The van der Waals surface area contributed by atoms with Crippen LogP contribution in [0.3, 0.4) is 0 Å². The van der Waals surface area contributed by atoms with Gasteiger partial charge >= 0.3 is 0 Å². The molecule has 0 aromatic heterocycles. The summed E-state index contributed by atoms with van der Waals surface area (Å²) in [4.78, 5) is 24.2. The van der Waals surface area contributed by atoms with Gasteiger partial charge in [0.1, 0.15) is 0 Å². The molecule has 1 N–H and O–H groups in total. The van der Waals surface area contributed by atoms with Crippen molar-refractivity contribution in [2.45, 2.75) is 26.3 Å². The number of benzene rings is 2. The number of carbonyl (C=O) groups is 2. The van der Waals surface area contributed by atoms with E-state index in [-0.39, 0.29) is 24.2 Å². The Morgan fingerprint density at radius 2 is 1.52 bits per heavy atom. The zero-order chi connectivity index (χ0) is 16.8. The first kappa shape index (κ1) is 16.7. The topological polar surface area (TPSA) is 46.2 Å².